The fourth-order valence-electron chi connectivity index (χ4n) is 1.49. The minimum atomic E-state index is 0.585. The zero-order chi connectivity index (χ0) is 12.5. The van der Waals surface area contributed by atoms with E-state index in [1.54, 1.807) is 0 Å². The van der Waals surface area contributed by atoms with Crippen LogP contribution in [0.15, 0.2) is 35.2 Å². The topological polar surface area (TPSA) is 15.3 Å². The summed E-state index contributed by atoms with van der Waals surface area (Å²) in [7, 11) is 2.19. The number of hydrogen-bond acceptors (Lipinski definition) is 3. The Bertz CT molecular complexity index is 288. The molecule has 0 radical (unpaired) electrons. The number of nitrogens with zero attached hydrogens (tertiary/aromatic N) is 1. The van der Waals surface area contributed by atoms with E-state index in [9.17, 15) is 0 Å². The maximum Gasteiger partial charge on any atom is 0.0108 e. The monoisotopic (exact) mass is 252 g/mol. The normalized spacial score (nSPS) is 11.4. The summed E-state index contributed by atoms with van der Waals surface area (Å²) < 4.78 is 0. The van der Waals surface area contributed by atoms with Gasteiger partial charge in [0, 0.05) is 36.3 Å². The molecule has 3 heteroatoms. The van der Waals surface area contributed by atoms with E-state index in [1.807, 2.05) is 11.8 Å². The van der Waals surface area contributed by atoms with Crippen LogP contribution in [0.3, 0.4) is 0 Å². The second-order valence-electron chi connectivity index (χ2n) is 4.57. The van der Waals surface area contributed by atoms with Gasteiger partial charge in [0.05, 0.1) is 0 Å². The number of likely N-dealkylation sites (N-methyl/N-ethyl adjacent to an activating group) is 1. The highest BCUT2D eigenvalue weighted by molar-refractivity contribution is 7.99. The van der Waals surface area contributed by atoms with Crippen LogP contribution in [0.4, 0.5) is 0 Å². The van der Waals surface area contributed by atoms with Crippen molar-refractivity contribution in [2.45, 2.75) is 24.8 Å². The quantitative estimate of drug-likeness (QED) is 0.716. The fraction of sp³-hybridized carbons (Fsp3) is 0.571. The molecule has 0 aromatic heterocycles. The summed E-state index contributed by atoms with van der Waals surface area (Å²) in [4.78, 5) is 3.74. The minimum Gasteiger partial charge on any atom is -0.313 e. The first-order valence-electron chi connectivity index (χ1n) is 6.28. The highest BCUT2D eigenvalue weighted by Gasteiger charge is 1.99. The van der Waals surface area contributed by atoms with Crippen molar-refractivity contribution in [3.05, 3.63) is 30.3 Å². The van der Waals surface area contributed by atoms with Crippen LogP contribution >= 0.6 is 11.8 Å². The molecule has 2 nitrogen and oxygen atoms in total. The summed E-state index contributed by atoms with van der Waals surface area (Å²) >= 11 is 1.93. The number of thioether (sulfide) groups is 1. The molecule has 0 aliphatic rings. The van der Waals surface area contributed by atoms with Crippen molar-refractivity contribution in [3.63, 3.8) is 0 Å². The highest BCUT2D eigenvalue weighted by atomic mass is 32.2. The zero-order valence-electron chi connectivity index (χ0n) is 11.1. The molecule has 1 aromatic rings. The average molecular weight is 252 g/mol. The van der Waals surface area contributed by atoms with Gasteiger partial charge in [-0.25, -0.2) is 0 Å². The van der Waals surface area contributed by atoms with E-state index in [4.69, 9.17) is 0 Å². The van der Waals surface area contributed by atoms with Gasteiger partial charge >= 0.3 is 0 Å². The Kier molecular flexibility index (Phi) is 7.33. The van der Waals surface area contributed by atoms with Crippen molar-refractivity contribution in [1.82, 2.24) is 10.2 Å². The smallest absolute Gasteiger partial charge is 0.0108 e. The van der Waals surface area contributed by atoms with E-state index < -0.39 is 0 Å². The highest BCUT2D eigenvalue weighted by Crippen LogP contribution is 2.16. The summed E-state index contributed by atoms with van der Waals surface area (Å²) in [5.74, 6) is 1.15. The van der Waals surface area contributed by atoms with Crippen LogP contribution in [0.2, 0.25) is 0 Å². The predicted molar refractivity (Wildman–Crippen MR) is 77.8 cm³/mol. The lowest BCUT2D eigenvalue weighted by molar-refractivity contribution is 0.346. The molecule has 0 spiro atoms. The van der Waals surface area contributed by atoms with Crippen LogP contribution in [0.25, 0.3) is 0 Å². The van der Waals surface area contributed by atoms with Gasteiger partial charge in [-0.15, -0.1) is 11.8 Å². The third kappa shape index (κ3) is 7.42. The van der Waals surface area contributed by atoms with Gasteiger partial charge in [0.2, 0.25) is 0 Å². The Morgan fingerprint density at radius 1 is 1.18 bits per heavy atom. The Labute approximate surface area is 110 Å². The Morgan fingerprint density at radius 2 is 1.88 bits per heavy atom. The zero-order valence-corrected chi connectivity index (χ0v) is 12.0. The maximum atomic E-state index is 3.44. The van der Waals surface area contributed by atoms with Gasteiger partial charge in [-0.1, -0.05) is 32.0 Å². The van der Waals surface area contributed by atoms with Gasteiger partial charge in [0.15, 0.2) is 0 Å². The molecule has 0 heterocycles. The molecule has 0 bridgehead atoms. The van der Waals surface area contributed by atoms with Crippen molar-refractivity contribution in [2.75, 3.05) is 32.4 Å². The molecule has 0 fully saturated rings. The third-order valence-electron chi connectivity index (χ3n) is 2.53. The standard InChI is InChI=1S/C14H24N2S/c1-13(2)15-9-10-16(3)11-12-17-14-7-5-4-6-8-14/h4-8,13,15H,9-12H2,1-3H3. The van der Waals surface area contributed by atoms with Gasteiger partial charge in [-0.2, -0.15) is 0 Å². The summed E-state index contributed by atoms with van der Waals surface area (Å²) in [6.07, 6.45) is 0. The molecule has 0 amide bonds. The first-order chi connectivity index (χ1) is 8.18. The summed E-state index contributed by atoms with van der Waals surface area (Å²) in [6, 6.07) is 11.2. The lowest BCUT2D eigenvalue weighted by atomic mass is 10.4. The average Bonchev–Trinajstić information content (AvgIpc) is 2.30. The molecule has 17 heavy (non-hydrogen) atoms. The van der Waals surface area contributed by atoms with Crippen LogP contribution in [0, 0.1) is 0 Å². The molecular weight excluding hydrogens is 228 g/mol. The van der Waals surface area contributed by atoms with Crippen LogP contribution in [-0.4, -0.2) is 43.4 Å². The number of benzene rings is 1. The van der Waals surface area contributed by atoms with Gasteiger partial charge in [0.25, 0.3) is 0 Å². The van der Waals surface area contributed by atoms with Crippen molar-refractivity contribution in [3.8, 4) is 0 Å². The van der Waals surface area contributed by atoms with E-state index in [1.165, 1.54) is 4.90 Å². The molecule has 0 aliphatic heterocycles. The number of nitrogens with one attached hydrogen (secondary N) is 1. The predicted octanol–water partition coefficient (Wildman–Crippen LogP) is 2.71. The Balaban J connectivity index is 2.06. The second kappa shape index (κ2) is 8.56. The fourth-order valence-corrected chi connectivity index (χ4v) is 2.48. The molecule has 0 atom stereocenters. The molecule has 0 unspecified atom stereocenters. The largest absolute Gasteiger partial charge is 0.313 e. The minimum absolute atomic E-state index is 0.585. The third-order valence-corrected chi connectivity index (χ3v) is 3.52. The first kappa shape index (κ1) is 14.6. The van der Waals surface area contributed by atoms with E-state index in [-0.39, 0.29) is 0 Å². The van der Waals surface area contributed by atoms with Crippen molar-refractivity contribution in [2.24, 2.45) is 0 Å². The van der Waals surface area contributed by atoms with Gasteiger partial charge in [-0.3, -0.25) is 0 Å². The van der Waals surface area contributed by atoms with Crippen molar-refractivity contribution in [1.29, 1.82) is 0 Å². The molecule has 0 saturated heterocycles. The number of hydrogen-bond donors (Lipinski definition) is 1. The van der Waals surface area contributed by atoms with E-state index in [2.05, 4.69) is 61.4 Å². The van der Waals surface area contributed by atoms with Crippen LogP contribution < -0.4 is 5.32 Å². The number of rotatable bonds is 8. The van der Waals surface area contributed by atoms with Crippen LogP contribution in [0.1, 0.15) is 13.8 Å². The van der Waals surface area contributed by atoms with Crippen molar-refractivity contribution < 1.29 is 0 Å². The summed E-state index contributed by atoms with van der Waals surface area (Å²) in [6.45, 7) is 7.70. The van der Waals surface area contributed by atoms with Crippen LogP contribution in [0.5, 0.6) is 0 Å². The Morgan fingerprint density at radius 3 is 2.53 bits per heavy atom. The SMILES string of the molecule is CC(C)NCCN(C)CCSc1ccccc1. The molecule has 1 aromatic carbocycles. The van der Waals surface area contributed by atoms with E-state index in [0.29, 0.717) is 6.04 Å². The molecule has 0 saturated carbocycles. The first-order valence-corrected chi connectivity index (χ1v) is 7.27. The van der Waals surface area contributed by atoms with Gasteiger partial charge < -0.3 is 10.2 Å². The van der Waals surface area contributed by atoms with Crippen molar-refractivity contribution >= 4 is 11.8 Å². The lowest BCUT2D eigenvalue weighted by Gasteiger charge is -2.17. The van der Waals surface area contributed by atoms with Gasteiger partial charge in [-0.05, 0) is 19.2 Å². The summed E-state index contributed by atoms with van der Waals surface area (Å²) in [5, 5.41) is 3.44. The van der Waals surface area contributed by atoms with E-state index in [0.717, 1.165) is 25.4 Å². The molecule has 0 aliphatic carbocycles. The molecule has 1 rings (SSSR count). The molecule has 1 N–H and O–H groups in total. The molecule has 96 valence electrons. The second-order valence-corrected chi connectivity index (χ2v) is 5.74. The lowest BCUT2D eigenvalue weighted by Crippen LogP contribution is -2.33. The summed E-state index contributed by atoms with van der Waals surface area (Å²) in [5.41, 5.74) is 0. The van der Waals surface area contributed by atoms with Gasteiger partial charge in [0.1, 0.15) is 0 Å². The maximum absolute atomic E-state index is 3.44. The van der Waals surface area contributed by atoms with E-state index >= 15 is 0 Å². The molecular formula is C14H24N2S. The van der Waals surface area contributed by atoms with Crippen LogP contribution in [-0.2, 0) is 0 Å². The Hall–Kier alpha value is -0.510.